The second-order valence-electron chi connectivity index (χ2n) is 5.64. The van der Waals surface area contributed by atoms with Crippen molar-refractivity contribution in [2.45, 2.75) is 45.1 Å². The summed E-state index contributed by atoms with van der Waals surface area (Å²) in [6.07, 6.45) is 5.49. The van der Waals surface area contributed by atoms with Gasteiger partial charge in [0.2, 0.25) is 0 Å². The van der Waals surface area contributed by atoms with E-state index in [-0.39, 0.29) is 23.3 Å². The highest BCUT2D eigenvalue weighted by molar-refractivity contribution is 5.95. The molecule has 0 heterocycles. The van der Waals surface area contributed by atoms with Gasteiger partial charge in [0.05, 0.1) is 4.92 Å². The molecule has 1 saturated carbocycles. The lowest BCUT2D eigenvalue weighted by molar-refractivity contribution is -0.383. The first kappa shape index (κ1) is 15.3. The summed E-state index contributed by atoms with van der Waals surface area (Å²) in [4.78, 5) is 22.4. The third-order valence-electron chi connectivity index (χ3n) is 4.18. The van der Waals surface area contributed by atoms with Crippen LogP contribution >= 0.6 is 0 Å². The molecule has 114 valence electrons. The standard InChI is InChI=1S/C15H21N3O3/c1-2-10-4-3-5-12(8-10)17-15(19)11-6-7-14(18(20)21)13(16)9-11/h6-7,9-10,12H,2-5,8,16H2,1H3,(H,17,19). The Morgan fingerprint density at radius 3 is 2.86 bits per heavy atom. The number of nitrogen functional groups attached to an aromatic ring is 1. The van der Waals surface area contributed by atoms with Gasteiger partial charge in [0.15, 0.2) is 0 Å². The van der Waals surface area contributed by atoms with Crippen molar-refractivity contribution in [3.05, 3.63) is 33.9 Å². The van der Waals surface area contributed by atoms with Crippen LogP contribution in [0.3, 0.4) is 0 Å². The average molecular weight is 291 g/mol. The van der Waals surface area contributed by atoms with Crippen LogP contribution in [0.15, 0.2) is 18.2 Å². The van der Waals surface area contributed by atoms with E-state index < -0.39 is 4.92 Å². The smallest absolute Gasteiger partial charge is 0.292 e. The van der Waals surface area contributed by atoms with Gasteiger partial charge in [-0.15, -0.1) is 0 Å². The molecule has 3 N–H and O–H groups in total. The molecule has 1 amide bonds. The lowest BCUT2D eigenvalue weighted by atomic mass is 9.84. The number of nitro benzene ring substituents is 1. The number of carbonyl (C=O) groups is 1. The number of nitrogens with zero attached hydrogens (tertiary/aromatic N) is 1. The van der Waals surface area contributed by atoms with Gasteiger partial charge in [-0.25, -0.2) is 0 Å². The number of hydrogen-bond acceptors (Lipinski definition) is 4. The Bertz CT molecular complexity index is 545. The largest absolute Gasteiger partial charge is 0.393 e. The maximum Gasteiger partial charge on any atom is 0.292 e. The van der Waals surface area contributed by atoms with Crippen LogP contribution in [0.4, 0.5) is 11.4 Å². The first-order valence-corrected chi connectivity index (χ1v) is 7.36. The fourth-order valence-corrected chi connectivity index (χ4v) is 2.92. The number of carbonyl (C=O) groups excluding carboxylic acids is 1. The Kier molecular flexibility index (Phi) is 4.77. The van der Waals surface area contributed by atoms with Crippen molar-refractivity contribution < 1.29 is 9.72 Å². The first-order chi connectivity index (χ1) is 10.0. The van der Waals surface area contributed by atoms with E-state index in [0.717, 1.165) is 25.7 Å². The van der Waals surface area contributed by atoms with Crippen LogP contribution in [0, 0.1) is 16.0 Å². The number of nitrogens with one attached hydrogen (secondary N) is 1. The van der Waals surface area contributed by atoms with Gasteiger partial charge in [0, 0.05) is 17.7 Å². The molecule has 1 aromatic rings. The molecule has 0 aliphatic heterocycles. The fraction of sp³-hybridized carbons (Fsp3) is 0.533. The molecule has 1 aromatic carbocycles. The first-order valence-electron chi connectivity index (χ1n) is 7.36. The Labute approximate surface area is 123 Å². The van der Waals surface area contributed by atoms with Crippen LogP contribution < -0.4 is 11.1 Å². The summed E-state index contributed by atoms with van der Waals surface area (Å²) >= 11 is 0. The molecule has 6 nitrogen and oxygen atoms in total. The third kappa shape index (κ3) is 3.71. The van der Waals surface area contributed by atoms with Gasteiger partial charge in [0.25, 0.3) is 11.6 Å². The van der Waals surface area contributed by atoms with Crippen molar-refractivity contribution in [1.82, 2.24) is 5.32 Å². The van der Waals surface area contributed by atoms with Crippen molar-refractivity contribution in [1.29, 1.82) is 0 Å². The Hall–Kier alpha value is -2.11. The summed E-state index contributed by atoms with van der Waals surface area (Å²) in [6, 6.07) is 4.28. The van der Waals surface area contributed by atoms with E-state index >= 15 is 0 Å². The van der Waals surface area contributed by atoms with E-state index in [2.05, 4.69) is 12.2 Å². The summed E-state index contributed by atoms with van der Waals surface area (Å²) in [5.74, 6) is 0.462. The Balaban J connectivity index is 2.03. The highest BCUT2D eigenvalue weighted by Gasteiger charge is 2.23. The van der Waals surface area contributed by atoms with Gasteiger partial charge in [-0.3, -0.25) is 14.9 Å². The molecule has 0 radical (unpaired) electrons. The van der Waals surface area contributed by atoms with E-state index in [1.165, 1.54) is 24.6 Å². The van der Waals surface area contributed by atoms with Crippen molar-refractivity contribution >= 4 is 17.3 Å². The van der Waals surface area contributed by atoms with Crippen LogP contribution in [0.2, 0.25) is 0 Å². The molecule has 0 spiro atoms. The molecule has 6 heteroatoms. The molecule has 0 aromatic heterocycles. The maximum atomic E-state index is 12.2. The monoisotopic (exact) mass is 291 g/mol. The minimum absolute atomic E-state index is 0.0164. The van der Waals surface area contributed by atoms with Crippen LogP contribution in [0.25, 0.3) is 0 Å². The Morgan fingerprint density at radius 1 is 1.48 bits per heavy atom. The summed E-state index contributed by atoms with van der Waals surface area (Å²) < 4.78 is 0. The van der Waals surface area contributed by atoms with Crippen molar-refractivity contribution in [3.8, 4) is 0 Å². The second kappa shape index (κ2) is 6.56. The van der Waals surface area contributed by atoms with E-state index in [1.54, 1.807) is 0 Å². The van der Waals surface area contributed by atoms with Crippen LogP contribution in [-0.4, -0.2) is 16.9 Å². The predicted molar refractivity (Wildman–Crippen MR) is 81.0 cm³/mol. The normalized spacial score (nSPS) is 21.8. The molecule has 2 atom stereocenters. The predicted octanol–water partition coefficient (Wildman–Crippen LogP) is 2.88. The van der Waals surface area contributed by atoms with Crippen LogP contribution in [-0.2, 0) is 0 Å². The summed E-state index contributed by atoms with van der Waals surface area (Å²) in [5, 5.41) is 13.7. The van der Waals surface area contributed by atoms with Crippen molar-refractivity contribution in [2.75, 3.05) is 5.73 Å². The topological polar surface area (TPSA) is 98.3 Å². The van der Waals surface area contributed by atoms with E-state index in [9.17, 15) is 14.9 Å². The molecule has 1 aliphatic carbocycles. The number of anilines is 1. The zero-order chi connectivity index (χ0) is 15.4. The zero-order valence-electron chi connectivity index (χ0n) is 12.2. The lowest BCUT2D eigenvalue weighted by Gasteiger charge is -2.29. The number of rotatable bonds is 4. The average Bonchev–Trinajstić information content (AvgIpc) is 2.46. The molecule has 0 saturated heterocycles. The highest BCUT2D eigenvalue weighted by Crippen LogP contribution is 2.27. The van der Waals surface area contributed by atoms with E-state index in [1.807, 2.05) is 0 Å². The fourth-order valence-electron chi connectivity index (χ4n) is 2.92. The minimum atomic E-state index is -0.552. The van der Waals surface area contributed by atoms with Crippen molar-refractivity contribution in [3.63, 3.8) is 0 Å². The number of benzene rings is 1. The van der Waals surface area contributed by atoms with Crippen LogP contribution in [0.5, 0.6) is 0 Å². The van der Waals surface area contributed by atoms with Gasteiger partial charge in [-0.1, -0.05) is 26.2 Å². The van der Waals surface area contributed by atoms with Gasteiger partial charge in [0.1, 0.15) is 5.69 Å². The van der Waals surface area contributed by atoms with Gasteiger partial charge in [-0.2, -0.15) is 0 Å². The molecular formula is C15H21N3O3. The molecule has 2 rings (SSSR count). The SMILES string of the molecule is CCC1CCCC(NC(=O)c2ccc([N+](=O)[O-])c(N)c2)C1. The second-order valence-corrected chi connectivity index (χ2v) is 5.64. The van der Waals surface area contributed by atoms with Crippen molar-refractivity contribution in [2.24, 2.45) is 5.92 Å². The highest BCUT2D eigenvalue weighted by atomic mass is 16.6. The number of amides is 1. The van der Waals surface area contributed by atoms with Crippen LogP contribution in [0.1, 0.15) is 49.4 Å². The van der Waals surface area contributed by atoms with Gasteiger partial charge in [-0.05, 0) is 30.9 Å². The number of nitrogens with two attached hydrogens (primary N) is 1. The zero-order valence-corrected chi connectivity index (χ0v) is 12.2. The number of nitro groups is 1. The van der Waals surface area contributed by atoms with Gasteiger partial charge < -0.3 is 11.1 Å². The molecule has 21 heavy (non-hydrogen) atoms. The maximum absolute atomic E-state index is 12.2. The molecular weight excluding hydrogens is 270 g/mol. The van der Waals surface area contributed by atoms with E-state index in [0.29, 0.717) is 11.5 Å². The summed E-state index contributed by atoms with van der Waals surface area (Å²) in [5.41, 5.74) is 5.83. The minimum Gasteiger partial charge on any atom is -0.393 e. The molecule has 1 fully saturated rings. The molecule has 1 aliphatic rings. The third-order valence-corrected chi connectivity index (χ3v) is 4.18. The molecule has 2 unspecified atom stereocenters. The summed E-state index contributed by atoms with van der Waals surface area (Å²) in [6.45, 7) is 2.17. The number of hydrogen-bond donors (Lipinski definition) is 2. The van der Waals surface area contributed by atoms with E-state index in [4.69, 9.17) is 5.73 Å². The lowest BCUT2D eigenvalue weighted by Crippen LogP contribution is -2.38. The quantitative estimate of drug-likeness (QED) is 0.506. The Morgan fingerprint density at radius 2 is 2.24 bits per heavy atom. The summed E-state index contributed by atoms with van der Waals surface area (Å²) in [7, 11) is 0. The molecule has 0 bridgehead atoms. The van der Waals surface area contributed by atoms with Gasteiger partial charge >= 0.3 is 0 Å².